The summed E-state index contributed by atoms with van der Waals surface area (Å²) in [5.74, 6) is 8.40. The Morgan fingerprint density at radius 3 is 0.875 bits per heavy atom. The Balaban J connectivity index is 1.44. The predicted octanol–water partition coefficient (Wildman–Crippen LogP) is 19.5. The summed E-state index contributed by atoms with van der Waals surface area (Å²) in [6.07, 6.45) is 0. The van der Waals surface area contributed by atoms with Crippen molar-refractivity contribution in [1.29, 1.82) is 0 Å². The molecule has 10 rings (SSSR count). The summed E-state index contributed by atoms with van der Waals surface area (Å²) in [6.45, 7) is 29.1. The molecule has 2 bridgehead atoms. The zero-order chi connectivity index (χ0) is 45.9. The summed E-state index contributed by atoms with van der Waals surface area (Å²) >= 11 is 15.6. The molecule has 0 atom stereocenters. The molecule has 0 N–H and O–H groups in total. The fraction of sp³-hybridized carbons (Fsp3) is 0.345. The van der Waals surface area contributed by atoms with Crippen LogP contribution in [0.3, 0.4) is 0 Å². The smallest absolute Gasteiger partial charge is 0.125 e. The van der Waals surface area contributed by atoms with Gasteiger partial charge in [-0.15, -0.1) is 11.1 Å². The van der Waals surface area contributed by atoms with Crippen molar-refractivity contribution in [3.05, 3.63) is 147 Å². The maximum absolute atomic E-state index is 4.21. The van der Waals surface area contributed by atoms with Crippen LogP contribution in [0.4, 0.5) is 0 Å². The van der Waals surface area contributed by atoms with Crippen LogP contribution in [0.2, 0.25) is 33.2 Å². The van der Waals surface area contributed by atoms with Crippen molar-refractivity contribution in [3.8, 4) is 22.9 Å². The van der Waals surface area contributed by atoms with Crippen molar-refractivity contribution in [3.63, 3.8) is 0 Å². The van der Waals surface area contributed by atoms with Crippen LogP contribution in [0, 0.1) is 22.9 Å². The Hall–Kier alpha value is -2.95. The minimum atomic E-state index is -2.10. The van der Waals surface area contributed by atoms with Crippen molar-refractivity contribution in [2.45, 2.75) is 128 Å². The quantitative estimate of drug-likeness (QED) is 0.0884. The number of fused-ring (bicyclic) bond motifs is 4. The Bertz CT molecular complexity index is 2910. The lowest BCUT2D eigenvalue weighted by molar-refractivity contribution is 0.753. The fourth-order valence-electron chi connectivity index (χ4n) is 12.9. The number of hydrogen-bond donors (Lipinski definition) is 0. The van der Waals surface area contributed by atoms with Gasteiger partial charge in [0.1, 0.15) is 16.1 Å². The molecule has 3 aliphatic rings. The van der Waals surface area contributed by atoms with E-state index in [0.29, 0.717) is 33.2 Å². The van der Waals surface area contributed by atoms with E-state index < -0.39 is 16.1 Å². The number of benzene rings is 7. The fourth-order valence-corrected chi connectivity index (χ4v) is 24.7. The van der Waals surface area contributed by atoms with Crippen LogP contribution in [0.25, 0.3) is 43.1 Å². The normalized spacial score (nSPS) is 15.8. The molecule has 0 fully saturated rings. The van der Waals surface area contributed by atoms with E-state index in [4.69, 9.17) is 0 Å². The third kappa shape index (κ3) is 7.05. The largest absolute Gasteiger partial charge is 0.146 e. The summed E-state index contributed by atoms with van der Waals surface area (Å²) in [5.41, 5.74) is 22.2. The second kappa shape index (κ2) is 17.0. The zero-order valence-corrected chi connectivity index (χ0v) is 47.6. The van der Waals surface area contributed by atoms with Gasteiger partial charge in [0.05, 0.1) is 0 Å². The number of hydrogen-bond acceptors (Lipinski definition) is 0. The number of rotatable bonds is 6. The highest BCUT2D eigenvalue weighted by atomic mass is 79.9. The second-order valence-corrected chi connectivity index (χ2v) is 35.2. The van der Waals surface area contributed by atoms with Crippen molar-refractivity contribution in [2.75, 3.05) is 0 Å². The molecule has 3 aliphatic carbocycles. The van der Waals surface area contributed by atoms with E-state index in [2.05, 4.69) is 255 Å². The Kier molecular flexibility index (Phi) is 12.3. The van der Waals surface area contributed by atoms with E-state index in [9.17, 15) is 0 Å². The summed E-state index contributed by atoms with van der Waals surface area (Å²) in [4.78, 5) is 0. The van der Waals surface area contributed by atoms with Gasteiger partial charge in [0, 0.05) is 40.9 Å². The molecule has 0 heterocycles. The lowest BCUT2D eigenvalue weighted by atomic mass is 9.61. The molecule has 0 aliphatic heterocycles. The molecule has 0 spiro atoms. The summed E-state index contributed by atoms with van der Waals surface area (Å²) < 4.78 is 4.35. The molecule has 0 radical (unpaired) electrons. The van der Waals surface area contributed by atoms with Crippen molar-refractivity contribution in [2.24, 2.45) is 0 Å². The molecular formula is C58H58Br4Si2. The highest BCUT2D eigenvalue weighted by Gasteiger charge is 2.44. The average Bonchev–Trinajstić information content (AvgIpc) is 3.22. The van der Waals surface area contributed by atoms with E-state index in [1.165, 1.54) is 76.5 Å². The minimum Gasteiger partial charge on any atom is -0.125 e. The van der Waals surface area contributed by atoms with Crippen LogP contribution in [-0.2, 0) is 0 Å². The second-order valence-electron chi connectivity index (χ2n) is 20.7. The molecular weight excluding hydrogens is 1070 g/mol. The molecule has 0 unspecified atom stereocenters. The number of halogens is 4. The molecule has 64 heavy (non-hydrogen) atoms. The predicted molar refractivity (Wildman–Crippen MR) is 298 cm³/mol. The van der Waals surface area contributed by atoms with Gasteiger partial charge in [-0.05, 0) is 234 Å². The van der Waals surface area contributed by atoms with E-state index >= 15 is 0 Å². The van der Waals surface area contributed by atoms with Crippen LogP contribution >= 0.6 is 63.7 Å². The first-order valence-corrected chi connectivity index (χ1v) is 30.9. The molecule has 6 heteroatoms. The molecule has 0 nitrogen and oxygen atoms in total. The minimum absolute atomic E-state index is 0.110. The van der Waals surface area contributed by atoms with Crippen LogP contribution in [0.15, 0.2) is 103 Å². The standard InChI is InChI=1S/C58H58Br4Si2/c1-31(2)63(32(3)4,33(5)6)19-17-41-43-21-37-15-13-14-16-38(37)22-44(43)42(18-20-64(34(7)8,35(9)10)36(11)12)46-24-40-26-48-47(25-39(40)23-45(41)46)57-49-27-53(59)55(61)29-51(49)58(48)52-30-56(62)54(60)28-50(52)57/h13-16,21-36,57-58H,1-12H3. The lowest BCUT2D eigenvalue weighted by Crippen LogP contribution is -2.43. The van der Waals surface area contributed by atoms with Gasteiger partial charge in [0.15, 0.2) is 0 Å². The van der Waals surface area contributed by atoms with Gasteiger partial charge in [-0.2, -0.15) is 0 Å². The highest BCUT2D eigenvalue weighted by molar-refractivity contribution is 9.13. The van der Waals surface area contributed by atoms with Crippen LogP contribution in [0.1, 0.15) is 139 Å². The molecule has 326 valence electrons. The Labute approximate surface area is 417 Å². The Morgan fingerprint density at radius 2 is 0.609 bits per heavy atom. The zero-order valence-electron chi connectivity index (χ0n) is 39.2. The first-order valence-electron chi connectivity index (χ1n) is 23.2. The molecule has 7 aromatic rings. The summed E-state index contributed by atoms with van der Waals surface area (Å²) in [6, 6.07) is 33.1. The van der Waals surface area contributed by atoms with E-state index in [-0.39, 0.29) is 11.8 Å². The summed E-state index contributed by atoms with van der Waals surface area (Å²) in [5, 5.41) is 9.88. The van der Waals surface area contributed by atoms with E-state index in [0.717, 1.165) is 29.0 Å². The van der Waals surface area contributed by atoms with Crippen LogP contribution in [0.5, 0.6) is 0 Å². The van der Waals surface area contributed by atoms with Crippen LogP contribution < -0.4 is 0 Å². The van der Waals surface area contributed by atoms with E-state index in [1.807, 2.05) is 0 Å². The van der Waals surface area contributed by atoms with Gasteiger partial charge < -0.3 is 0 Å². The lowest BCUT2D eigenvalue weighted by Gasteiger charge is -2.43. The third-order valence-electron chi connectivity index (χ3n) is 15.8. The van der Waals surface area contributed by atoms with Crippen molar-refractivity contribution >= 4 is 123 Å². The maximum Gasteiger partial charge on any atom is 0.146 e. The van der Waals surface area contributed by atoms with Crippen molar-refractivity contribution < 1.29 is 0 Å². The monoisotopic (exact) mass is 1130 g/mol. The van der Waals surface area contributed by atoms with Crippen LogP contribution in [-0.4, -0.2) is 16.1 Å². The van der Waals surface area contributed by atoms with Gasteiger partial charge in [-0.25, -0.2) is 0 Å². The summed E-state index contributed by atoms with van der Waals surface area (Å²) in [7, 11) is -4.19. The first kappa shape index (κ1) is 46.2. The van der Waals surface area contributed by atoms with Crippen molar-refractivity contribution in [1.82, 2.24) is 0 Å². The van der Waals surface area contributed by atoms with Gasteiger partial charge in [0.2, 0.25) is 0 Å². The molecule has 0 saturated carbocycles. The maximum atomic E-state index is 4.21. The Morgan fingerprint density at radius 1 is 0.359 bits per heavy atom. The average molecular weight is 1130 g/mol. The van der Waals surface area contributed by atoms with Gasteiger partial charge in [-0.1, -0.05) is 119 Å². The van der Waals surface area contributed by atoms with Gasteiger partial charge >= 0.3 is 0 Å². The van der Waals surface area contributed by atoms with Gasteiger partial charge in [0.25, 0.3) is 0 Å². The molecule has 0 amide bonds. The molecule has 0 aromatic heterocycles. The van der Waals surface area contributed by atoms with E-state index in [1.54, 1.807) is 0 Å². The third-order valence-corrected chi connectivity index (χ3v) is 32.1. The molecule has 7 aromatic carbocycles. The first-order chi connectivity index (χ1) is 30.3. The SMILES string of the molecule is CC(C)[Si](C#Cc1c2cc3ccccc3cc2c(C#C[Si](C(C)C)(C(C)C)C(C)C)c2cc3cc4c(cc3cc12)C1c2cc(Br)c(Br)cc2C4c2cc(Br)c(Br)cc21)(C(C)C)C(C)C. The van der Waals surface area contributed by atoms with Gasteiger partial charge in [-0.3, -0.25) is 0 Å². The molecule has 0 saturated heterocycles. The highest BCUT2D eigenvalue weighted by Crippen LogP contribution is 2.59. The topological polar surface area (TPSA) is 0 Å².